The number of pyridine rings is 1. The maximum Gasteiger partial charge on any atom is 0.250 e. The SMILES string of the molecule is CCc1ccn(CCOC)c(=O)c1. The zero-order chi connectivity index (χ0) is 9.68. The minimum absolute atomic E-state index is 0.0522. The van der Waals surface area contributed by atoms with E-state index in [9.17, 15) is 4.79 Å². The first kappa shape index (κ1) is 9.99. The largest absolute Gasteiger partial charge is 0.383 e. The van der Waals surface area contributed by atoms with Crippen molar-refractivity contribution in [3.8, 4) is 0 Å². The highest BCUT2D eigenvalue weighted by Crippen LogP contribution is 1.94. The van der Waals surface area contributed by atoms with Crippen LogP contribution in [-0.2, 0) is 17.7 Å². The fourth-order valence-corrected chi connectivity index (χ4v) is 1.14. The standard InChI is InChI=1S/C10H15NO2/c1-3-9-4-5-11(6-7-13-2)10(12)8-9/h4-5,8H,3,6-7H2,1-2H3. The van der Waals surface area contributed by atoms with Crippen LogP contribution in [0.25, 0.3) is 0 Å². The van der Waals surface area contributed by atoms with Crippen LogP contribution in [0.2, 0.25) is 0 Å². The van der Waals surface area contributed by atoms with Gasteiger partial charge in [-0.25, -0.2) is 0 Å². The van der Waals surface area contributed by atoms with Crippen LogP contribution in [0.1, 0.15) is 12.5 Å². The zero-order valence-electron chi connectivity index (χ0n) is 8.12. The second-order valence-corrected chi connectivity index (χ2v) is 2.91. The van der Waals surface area contributed by atoms with Gasteiger partial charge in [0.25, 0.3) is 5.56 Å². The lowest BCUT2D eigenvalue weighted by molar-refractivity contribution is 0.186. The Hall–Kier alpha value is -1.09. The fourth-order valence-electron chi connectivity index (χ4n) is 1.14. The van der Waals surface area contributed by atoms with Crippen LogP contribution in [-0.4, -0.2) is 18.3 Å². The smallest absolute Gasteiger partial charge is 0.250 e. The highest BCUT2D eigenvalue weighted by atomic mass is 16.5. The molecule has 3 heteroatoms. The lowest BCUT2D eigenvalue weighted by atomic mass is 10.2. The molecular weight excluding hydrogens is 166 g/mol. The molecule has 72 valence electrons. The molecule has 1 aromatic heterocycles. The lowest BCUT2D eigenvalue weighted by Gasteiger charge is -2.04. The van der Waals surface area contributed by atoms with E-state index in [4.69, 9.17) is 4.74 Å². The monoisotopic (exact) mass is 181 g/mol. The van der Waals surface area contributed by atoms with Crippen LogP contribution in [0.3, 0.4) is 0 Å². The number of aromatic nitrogens is 1. The summed E-state index contributed by atoms with van der Waals surface area (Å²) in [5.74, 6) is 0. The molecule has 0 aliphatic rings. The number of aryl methyl sites for hydroxylation is 1. The van der Waals surface area contributed by atoms with Crippen molar-refractivity contribution in [3.05, 3.63) is 34.2 Å². The Morgan fingerprint density at radius 2 is 2.31 bits per heavy atom. The molecule has 0 radical (unpaired) electrons. The molecule has 0 amide bonds. The molecule has 0 aliphatic heterocycles. The van der Waals surface area contributed by atoms with Gasteiger partial charge in [-0.2, -0.15) is 0 Å². The van der Waals surface area contributed by atoms with Crippen LogP contribution >= 0.6 is 0 Å². The Morgan fingerprint density at radius 1 is 1.54 bits per heavy atom. The molecular formula is C10H15NO2. The fraction of sp³-hybridized carbons (Fsp3) is 0.500. The van der Waals surface area contributed by atoms with Crippen molar-refractivity contribution in [2.45, 2.75) is 19.9 Å². The predicted octanol–water partition coefficient (Wildman–Crippen LogP) is 1.06. The van der Waals surface area contributed by atoms with E-state index in [0.29, 0.717) is 13.2 Å². The number of methoxy groups -OCH3 is 1. The minimum Gasteiger partial charge on any atom is -0.383 e. The molecule has 0 atom stereocenters. The van der Waals surface area contributed by atoms with E-state index in [0.717, 1.165) is 12.0 Å². The molecule has 0 unspecified atom stereocenters. The van der Waals surface area contributed by atoms with E-state index in [1.165, 1.54) is 0 Å². The van der Waals surface area contributed by atoms with Crippen LogP contribution in [0, 0.1) is 0 Å². The zero-order valence-corrected chi connectivity index (χ0v) is 8.12. The highest BCUT2D eigenvalue weighted by Gasteiger charge is 1.96. The molecule has 1 aromatic rings. The molecule has 0 bridgehead atoms. The summed E-state index contributed by atoms with van der Waals surface area (Å²) in [6.07, 6.45) is 2.72. The summed E-state index contributed by atoms with van der Waals surface area (Å²) < 4.78 is 6.55. The number of nitrogens with zero attached hydrogens (tertiary/aromatic N) is 1. The van der Waals surface area contributed by atoms with E-state index >= 15 is 0 Å². The van der Waals surface area contributed by atoms with Crippen molar-refractivity contribution in [1.29, 1.82) is 0 Å². The quantitative estimate of drug-likeness (QED) is 0.695. The van der Waals surface area contributed by atoms with E-state index in [-0.39, 0.29) is 5.56 Å². The average molecular weight is 181 g/mol. The van der Waals surface area contributed by atoms with Crippen LogP contribution in [0.4, 0.5) is 0 Å². The number of hydrogen-bond donors (Lipinski definition) is 0. The van der Waals surface area contributed by atoms with Gasteiger partial charge < -0.3 is 9.30 Å². The van der Waals surface area contributed by atoms with Gasteiger partial charge in [-0.15, -0.1) is 0 Å². The maximum atomic E-state index is 11.4. The molecule has 3 nitrogen and oxygen atoms in total. The van der Waals surface area contributed by atoms with Crippen LogP contribution in [0.5, 0.6) is 0 Å². The van der Waals surface area contributed by atoms with Crippen molar-refractivity contribution >= 4 is 0 Å². The van der Waals surface area contributed by atoms with E-state index in [2.05, 4.69) is 0 Å². The Labute approximate surface area is 78.0 Å². The lowest BCUT2D eigenvalue weighted by Crippen LogP contribution is -2.21. The normalized spacial score (nSPS) is 10.3. The second-order valence-electron chi connectivity index (χ2n) is 2.91. The Kier molecular flexibility index (Phi) is 3.71. The minimum atomic E-state index is 0.0522. The molecule has 0 N–H and O–H groups in total. The Balaban J connectivity index is 2.80. The van der Waals surface area contributed by atoms with E-state index < -0.39 is 0 Å². The third-order valence-electron chi connectivity index (χ3n) is 2.01. The molecule has 13 heavy (non-hydrogen) atoms. The molecule has 0 aliphatic carbocycles. The maximum absolute atomic E-state index is 11.4. The van der Waals surface area contributed by atoms with Gasteiger partial charge in [0.15, 0.2) is 0 Å². The summed E-state index contributed by atoms with van der Waals surface area (Å²) in [4.78, 5) is 11.4. The van der Waals surface area contributed by atoms with Gasteiger partial charge in [-0.05, 0) is 18.1 Å². The van der Waals surface area contributed by atoms with Gasteiger partial charge in [0, 0.05) is 25.9 Å². The van der Waals surface area contributed by atoms with Gasteiger partial charge >= 0.3 is 0 Å². The number of ether oxygens (including phenoxy) is 1. The summed E-state index contributed by atoms with van der Waals surface area (Å²) in [7, 11) is 1.63. The summed E-state index contributed by atoms with van der Waals surface area (Å²) >= 11 is 0. The molecule has 0 saturated carbocycles. The van der Waals surface area contributed by atoms with Crippen molar-refractivity contribution in [1.82, 2.24) is 4.57 Å². The highest BCUT2D eigenvalue weighted by molar-refractivity contribution is 5.10. The molecule has 0 aromatic carbocycles. The van der Waals surface area contributed by atoms with Gasteiger partial charge in [0.1, 0.15) is 0 Å². The summed E-state index contributed by atoms with van der Waals surface area (Å²) in [5, 5.41) is 0. The topological polar surface area (TPSA) is 31.2 Å². The van der Waals surface area contributed by atoms with Crippen molar-refractivity contribution < 1.29 is 4.74 Å². The number of hydrogen-bond acceptors (Lipinski definition) is 2. The van der Waals surface area contributed by atoms with Crippen molar-refractivity contribution in [2.75, 3.05) is 13.7 Å². The molecule has 0 spiro atoms. The summed E-state index contributed by atoms with van der Waals surface area (Å²) in [6.45, 7) is 3.24. The first-order valence-electron chi connectivity index (χ1n) is 4.46. The molecule has 1 rings (SSSR count). The Morgan fingerprint density at radius 3 is 2.85 bits per heavy atom. The number of rotatable bonds is 4. The van der Waals surface area contributed by atoms with Crippen LogP contribution in [0.15, 0.2) is 23.1 Å². The third-order valence-corrected chi connectivity index (χ3v) is 2.01. The first-order chi connectivity index (χ1) is 6.27. The Bertz CT molecular complexity index is 317. The van der Waals surface area contributed by atoms with Gasteiger partial charge in [-0.1, -0.05) is 6.92 Å². The first-order valence-corrected chi connectivity index (χ1v) is 4.46. The summed E-state index contributed by atoms with van der Waals surface area (Å²) in [6, 6.07) is 3.65. The average Bonchev–Trinajstić information content (AvgIpc) is 2.16. The molecule has 1 heterocycles. The van der Waals surface area contributed by atoms with Crippen molar-refractivity contribution in [3.63, 3.8) is 0 Å². The van der Waals surface area contributed by atoms with Gasteiger partial charge in [-0.3, -0.25) is 4.79 Å². The van der Waals surface area contributed by atoms with Gasteiger partial charge in [0.2, 0.25) is 0 Å². The summed E-state index contributed by atoms with van der Waals surface area (Å²) in [5.41, 5.74) is 1.13. The molecule has 0 fully saturated rings. The van der Waals surface area contributed by atoms with Crippen LogP contribution < -0.4 is 5.56 Å². The van der Waals surface area contributed by atoms with E-state index in [1.54, 1.807) is 17.7 Å². The second kappa shape index (κ2) is 4.82. The van der Waals surface area contributed by atoms with Gasteiger partial charge in [0.05, 0.1) is 6.61 Å². The predicted molar refractivity (Wildman–Crippen MR) is 52.0 cm³/mol. The van der Waals surface area contributed by atoms with Crippen molar-refractivity contribution in [2.24, 2.45) is 0 Å². The molecule has 0 saturated heterocycles. The third kappa shape index (κ3) is 2.70. The van der Waals surface area contributed by atoms with E-state index in [1.807, 2.05) is 19.2 Å².